The number of nitrogens with two attached hydrogens (primary N) is 4. The summed E-state index contributed by atoms with van der Waals surface area (Å²) in [5.74, 6) is -8.68. The molecule has 0 aliphatic carbocycles. The lowest BCUT2D eigenvalue weighted by Gasteiger charge is -2.28. The molecule has 336 valence electrons. The van der Waals surface area contributed by atoms with Crippen LogP contribution < -0.4 is 60.2 Å². The number of allylic oxidation sites excluding steroid dienone is 1. The fourth-order valence-corrected chi connectivity index (χ4v) is 5.15. The fraction of sp³-hybridized carbons (Fsp3) is 0.686. The topological polar surface area (TPSA) is 423 Å². The second-order valence-corrected chi connectivity index (χ2v) is 13.6. The van der Waals surface area contributed by atoms with E-state index in [1.807, 2.05) is 5.32 Å². The molecule has 8 atom stereocenters. The van der Waals surface area contributed by atoms with Crippen molar-refractivity contribution < 1.29 is 63.6 Å². The molecular weight excluding hydrogens is 782 g/mol. The zero-order chi connectivity index (χ0) is 45.1. The Hall–Kier alpha value is -5.43. The summed E-state index contributed by atoms with van der Waals surface area (Å²) in [7, 11) is 0. The third-order valence-corrected chi connectivity index (χ3v) is 8.55. The van der Waals surface area contributed by atoms with Crippen LogP contribution in [0.15, 0.2) is 12.2 Å². The molecule has 0 radical (unpaired) electrons. The molecule has 59 heavy (non-hydrogen) atoms. The van der Waals surface area contributed by atoms with E-state index in [1.54, 1.807) is 6.08 Å². The molecule has 0 aliphatic heterocycles. The highest BCUT2D eigenvalue weighted by Crippen LogP contribution is 2.06. The lowest BCUT2D eigenvalue weighted by atomic mass is 10.1. The number of amides is 10. The number of urea groups is 1. The van der Waals surface area contributed by atoms with Gasteiger partial charge in [0.15, 0.2) is 6.10 Å². The molecule has 0 aromatic rings. The highest BCUT2D eigenvalue weighted by Gasteiger charge is 2.36. The van der Waals surface area contributed by atoms with Gasteiger partial charge in [-0.3, -0.25) is 38.4 Å². The Balaban J connectivity index is 6.29. The molecule has 0 rings (SSSR count). The fourth-order valence-electron chi connectivity index (χ4n) is 5.15. The lowest BCUT2D eigenvalue weighted by molar-refractivity contribution is -0.140. The molecule has 10 amide bonds. The number of carbonyl (C=O) groups is 9. The van der Waals surface area contributed by atoms with Gasteiger partial charge >= 0.3 is 6.03 Å². The summed E-state index contributed by atoms with van der Waals surface area (Å²) < 4.78 is 0. The zero-order valence-electron chi connectivity index (χ0n) is 33.4. The zero-order valence-corrected chi connectivity index (χ0v) is 33.4. The van der Waals surface area contributed by atoms with Gasteiger partial charge in [0.25, 0.3) is 0 Å². The maximum absolute atomic E-state index is 13.6. The van der Waals surface area contributed by atoms with E-state index in [0.717, 1.165) is 32.1 Å². The van der Waals surface area contributed by atoms with Crippen molar-refractivity contribution >= 4 is 53.3 Å². The van der Waals surface area contributed by atoms with Gasteiger partial charge in [0.2, 0.25) is 47.3 Å². The van der Waals surface area contributed by atoms with Crippen molar-refractivity contribution in [2.24, 2.45) is 22.9 Å². The lowest BCUT2D eigenvalue weighted by Crippen LogP contribution is -2.63. The van der Waals surface area contributed by atoms with Gasteiger partial charge in [-0.1, -0.05) is 38.7 Å². The van der Waals surface area contributed by atoms with Crippen molar-refractivity contribution in [2.75, 3.05) is 26.3 Å². The first-order valence-corrected chi connectivity index (χ1v) is 19.2. The van der Waals surface area contributed by atoms with E-state index < -0.39 is 134 Å². The van der Waals surface area contributed by atoms with E-state index >= 15 is 0 Å². The summed E-state index contributed by atoms with van der Waals surface area (Å²) in [5, 5.41) is 55.6. The molecule has 0 fully saturated rings. The third-order valence-electron chi connectivity index (χ3n) is 8.55. The van der Waals surface area contributed by atoms with Crippen molar-refractivity contribution in [3.8, 4) is 0 Å². The maximum Gasteiger partial charge on any atom is 0.312 e. The molecule has 0 saturated heterocycles. The first-order valence-electron chi connectivity index (χ1n) is 19.2. The van der Waals surface area contributed by atoms with Crippen molar-refractivity contribution in [1.29, 1.82) is 0 Å². The summed E-state index contributed by atoms with van der Waals surface area (Å²) in [6, 6.07) is -10.6. The Morgan fingerprint density at radius 2 is 1.24 bits per heavy atom. The Kier molecular flexibility index (Phi) is 27.0. The van der Waals surface area contributed by atoms with Gasteiger partial charge in [-0.25, -0.2) is 4.79 Å². The van der Waals surface area contributed by atoms with Crippen LogP contribution in [0.2, 0.25) is 0 Å². The summed E-state index contributed by atoms with van der Waals surface area (Å²) in [6.07, 6.45) is 3.86. The predicted molar refractivity (Wildman–Crippen MR) is 209 cm³/mol. The highest BCUT2D eigenvalue weighted by molar-refractivity contribution is 5.98. The van der Waals surface area contributed by atoms with E-state index in [1.165, 1.54) is 13.0 Å². The van der Waals surface area contributed by atoms with Crippen LogP contribution in [0.1, 0.15) is 78.1 Å². The van der Waals surface area contributed by atoms with E-state index in [0.29, 0.717) is 6.42 Å². The van der Waals surface area contributed by atoms with Gasteiger partial charge in [-0.15, -0.1) is 0 Å². The number of hydrogen-bond acceptors (Lipinski definition) is 14. The molecule has 0 aromatic heterocycles. The normalized spacial score (nSPS) is 15.2. The van der Waals surface area contributed by atoms with Gasteiger partial charge in [-0.2, -0.15) is 0 Å². The van der Waals surface area contributed by atoms with E-state index in [2.05, 4.69) is 38.8 Å². The van der Waals surface area contributed by atoms with Crippen molar-refractivity contribution in [3.05, 3.63) is 12.2 Å². The molecule has 24 nitrogen and oxygen atoms in total. The Morgan fingerprint density at radius 1 is 0.644 bits per heavy atom. The number of aliphatic hydroxyl groups excluding tert-OH is 4. The number of hydrogen-bond donors (Lipinski definition) is 15. The van der Waals surface area contributed by atoms with Crippen LogP contribution >= 0.6 is 0 Å². The molecule has 0 bridgehead atoms. The highest BCUT2D eigenvalue weighted by atomic mass is 16.3. The first kappa shape index (κ1) is 53.6. The largest absolute Gasteiger partial charge is 0.394 e. The number of aliphatic hydroxyl groups is 4. The van der Waals surface area contributed by atoms with E-state index in [9.17, 15) is 63.6 Å². The van der Waals surface area contributed by atoms with E-state index in [-0.39, 0.29) is 19.4 Å². The van der Waals surface area contributed by atoms with Gasteiger partial charge < -0.3 is 80.6 Å². The van der Waals surface area contributed by atoms with Crippen LogP contribution in [-0.2, 0) is 38.4 Å². The second kappa shape index (κ2) is 29.7. The molecule has 0 aliphatic rings. The number of nitrogens with one attached hydrogen (secondary N) is 7. The molecule has 0 saturated carbocycles. The van der Waals surface area contributed by atoms with Crippen molar-refractivity contribution in [1.82, 2.24) is 37.2 Å². The quantitative estimate of drug-likeness (QED) is 0.0228. The predicted octanol–water partition coefficient (Wildman–Crippen LogP) is -6.30. The Labute approximate surface area is 341 Å². The number of primary amides is 3. The van der Waals surface area contributed by atoms with E-state index in [4.69, 9.17) is 22.9 Å². The molecule has 24 heteroatoms. The smallest absolute Gasteiger partial charge is 0.312 e. The maximum atomic E-state index is 13.6. The van der Waals surface area contributed by atoms with Crippen LogP contribution in [-0.4, -0.2) is 148 Å². The molecule has 0 spiro atoms. The number of carbonyl (C=O) groups excluding carboxylic acids is 9. The minimum absolute atomic E-state index is 0.0250. The van der Waals surface area contributed by atoms with Crippen LogP contribution in [0.5, 0.6) is 0 Å². The van der Waals surface area contributed by atoms with Gasteiger partial charge in [-0.05, 0) is 45.1 Å². The molecule has 0 aromatic carbocycles. The summed E-state index contributed by atoms with van der Waals surface area (Å²) >= 11 is 0. The van der Waals surface area contributed by atoms with Gasteiger partial charge in [0.05, 0.1) is 25.4 Å². The van der Waals surface area contributed by atoms with Gasteiger partial charge in [0, 0.05) is 19.5 Å². The molecule has 19 N–H and O–H groups in total. The number of rotatable bonds is 31. The summed E-state index contributed by atoms with van der Waals surface area (Å²) in [4.78, 5) is 113. The second-order valence-electron chi connectivity index (χ2n) is 13.6. The standard InChI is InChI=1S/C35H63N11O13/c1-3-4-5-6-7-8-9-12-25(51)43-21(11-10-14-41-35(39)59)30(54)45-23(18-48)32(56)44-22(13-15-40-33(57)26(37)19(2)49)31(55)46-27(28(52)29(38)53)34(58)42-20(17-47)16-24(36)50/h9,12,19-23,26-28,47-49,52H,3-8,10-11,13-18,37H2,1-2H3,(H2,36,50)(H2,38,53)(H,40,57)(H,42,58)(H,43,51)(H,44,56)(H,45,54)(H,46,55)(H3,39,41,59)/b12-9-/t19?,20-,21+,22-,23-,26-,27-,28?/m0/s1. The van der Waals surface area contributed by atoms with Crippen LogP contribution in [0, 0.1) is 0 Å². The van der Waals surface area contributed by atoms with Crippen LogP contribution in [0.3, 0.4) is 0 Å². The molecule has 2 unspecified atom stereocenters. The van der Waals surface area contributed by atoms with Crippen LogP contribution in [0.4, 0.5) is 4.79 Å². The third kappa shape index (κ3) is 22.9. The monoisotopic (exact) mass is 845 g/mol. The first-order chi connectivity index (χ1) is 27.8. The summed E-state index contributed by atoms with van der Waals surface area (Å²) in [5.41, 5.74) is 21.0. The number of unbranched alkanes of at least 4 members (excludes halogenated alkanes) is 5. The minimum atomic E-state index is -2.40. The SMILES string of the molecule is CCCCCCC/C=C\C(=O)N[C@H](CCCNC(N)=O)C(=O)N[C@@H](CO)C(=O)N[C@@H](CCNC(=O)[C@@H](N)C(C)O)C(=O)N[C@H](C(=O)N[C@H](CO)CC(N)=O)C(O)C(N)=O. The molecular formula is C35H63N11O13. The summed E-state index contributed by atoms with van der Waals surface area (Å²) in [6.45, 7) is 1.05. The van der Waals surface area contributed by atoms with Crippen molar-refractivity contribution in [2.45, 2.75) is 127 Å². The van der Waals surface area contributed by atoms with Crippen molar-refractivity contribution in [3.63, 3.8) is 0 Å². The minimum Gasteiger partial charge on any atom is -0.394 e. The van der Waals surface area contributed by atoms with Gasteiger partial charge in [0.1, 0.15) is 30.2 Å². The van der Waals surface area contributed by atoms with Crippen LogP contribution in [0.25, 0.3) is 0 Å². The average molecular weight is 846 g/mol. The Bertz CT molecular complexity index is 1430. The molecule has 0 heterocycles. The Morgan fingerprint density at radius 3 is 1.80 bits per heavy atom. The average Bonchev–Trinajstić information content (AvgIpc) is 3.17.